The first-order valence-corrected chi connectivity index (χ1v) is 9.85. The van der Waals surface area contributed by atoms with Gasteiger partial charge in [0.15, 0.2) is 6.54 Å². The lowest BCUT2D eigenvalue weighted by atomic mass is 10.1. The summed E-state index contributed by atoms with van der Waals surface area (Å²) in [6.45, 7) is 10.2. The summed E-state index contributed by atoms with van der Waals surface area (Å²) in [6.07, 6.45) is 0.894. The van der Waals surface area contributed by atoms with Crippen molar-refractivity contribution in [1.82, 2.24) is 10.6 Å². The number of rotatable bonds is 9. The molecule has 0 spiro atoms. The standard InChI is InChI=1S/C20H32N4O3/c1-4-7-21-19(25)13-22-20(26)15-24-10-8-23(9-11-24)14-17-12-16(2)5-6-18(17)27-3/h5-6,12H,4,7-11,13-15H2,1-3H3,(H,21,25)(H,22,26)/p+2. The molecule has 4 N–H and O–H groups in total. The molecule has 0 atom stereocenters. The summed E-state index contributed by atoms with van der Waals surface area (Å²) in [6, 6.07) is 6.30. The van der Waals surface area contributed by atoms with E-state index >= 15 is 0 Å². The number of nitrogens with one attached hydrogen (secondary N) is 4. The molecule has 1 heterocycles. The molecule has 0 unspecified atom stereocenters. The van der Waals surface area contributed by atoms with Crippen LogP contribution in [0.15, 0.2) is 18.2 Å². The van der Waals surface area contributed by atoms with Gasteiger partial charge in [0.05, 0.1) is 13.7 Å². The molecule has 0 bridgehead atoms. The molecule has 0 radical (unpaired) electrons. The Hall–Kier alpha value is -2.12. The number of aryl methyl sites for hydroxylation is 1. The fraction of sp³-hybridized carbons (Fsp3) is 0.600. The molecule has 7 heteroatoms. The third-order valence-electron chi connectivity index (χ3n) is 4.97. The number of amides is 2. The van der Waals surface area contributed by atoms with Gasteiger partial charge in [-0.15, -0.1) is 0 Å². The van der Waals surface area contributed by atoms with Crippen LogP contribution in [-0.2, 0) is 16.1 Å². The minimum atomic E-state index is -0.124. The Bertz CT molecular complexity index is 628. The first kappa shape index (κ1) is 21.2. The van der Waals surface area contributed by atoms with E-state index in [1.54, 1.807) is 7.11 Å². The molecule has 2 rings (SSSR count). The van der Waals surface area contributed by atoms with E-state index in [1.165, 1.54) is 20.9 Å². The van der Waals surface area contributed by atoms with Gasteiger partial charge in [-0.1, -0.05) is 18.6 Å². The van der Waals surface area contributed by atoms with Crippen molar-refractivity contribution in [1.29, 1.82) is 0 Å². The van der Waals surface area contributed by atoms with E-state index < -0.39 is 0 Å². The first-order valence-electron chi connectivity index (χ1n) is 9.85. The molecule has 1 aromatic rings. The Balaban J connectivity index is 1.71. The van der Waals surface area contributed by atoms with Gasteiger partial charge in [0, 0.05) is 12.1 Å². The van der Waals surface area contributed by atoms with E-state index in [4.69, 9.17) is 4.74 Å². The third kappa shape index (κ3) is 7.19. The van der Waals surface area contributed by atoms with Crippen LogP contribution in [0.1, 0.15) is 24.5 Å². The Morgan fingerprint density at radius 3 is 2.44 bits per heavy atom. The van der Waals surface area contributed by atoms with E-state index in [0.29, 0.717) is 13.1 Å². The molecule has 1 aliphatic rings. The SMILES string of the molecule is CCCNC(=O)CNC(=O)C[NH+]1CC[NH+](Cc2cc(C)ccc2OC)CC1. The molecule has 1 fully saturated rings. The number of quaternary nitrogens is 2. The quantitative estimate of drug-likeness (QED) is 0.399. The highest BCUT2D eigenvalue weighted by atomic mass is 16.5. The minimum Gasteiger partial charge on any atom is -0.496 e. The lowest BCUT2D eigenvalue weighted by Gasteiger charge is -2.29. The summed E-state index contributed by atoms with van der Waals surface area (Å²) in [5.41, 5.74) is 2.49. The number of carbonyl (C=O) groups excluding carboxylic acids is 2. The van der Waals surface area contributed by atoms with Crippen LogP contribution in [0.25, 0.3) is 0 Å². The molecule has 0 aromatic heterocycles. The number of carbonyl (C=O) groups is 2. The molecule has 1 saturated heterocycles. The van der Waals surface area contributed by atoms with Crippen molar-refractivity contribution in [2.24, 2.45) is 0 Å². The Labute approximate surface area is 162 Å². The minimum absolute atomic E-state index is 0.0551. The van der Waals surface area contributed by atoms with Crippen LogP contribution in [0, 0.1) is 6.92 Å². The summed E-state index contributed by atoms with van der Waals surface area (Å²) >= 11 is 0. The number of piperazine rings is 1. The van der Waals surface area contributed by atoms with E-state index in [-0.39, 0.29) is 18.4 Å². The number of ether oxygens (including phenoxy) is 1. The van der Waals surface area contributed by atoms with Gasteiger partial charge in [0.25, 0.3) is 5.91 Å². The molecule has 1 aliphatic heterocycles. The summed E-state index contributed by atoms with van der Waals surface area (Å²) in [4.78, 5) is 26.4. The van der Waals surface area contributed by atoms with Crippen molar-refractivity contribution in [3.63, 3.8) is 0 Å². The predicted octanol–water partition coefficient (Wildman–Crippen LogP) is -2.07. The van der Waals surface area contributed by atoms with Crippen LogP contribution in [0.4, 0.5) is 0 Å². The average Bonchev–Trinajstić information content (AvgIpc) is 2.66. The van der Waals surface area contributed by atoms with Gasteiger partial charge < -0.3 is 25.2 Å². The van der Waals surface area contributed by atoms with Crippen LogP contribution < -0.4 is 25.2 Å². The number of hydrogen-bond donors (Lipinski definition) is 4. The lowest BCUT2D eigenvalue weighted by molar-refractivity contribution is -1.02. The summed E-state index contributed by atoms with van der Waals surface area (Å²) in [5.74, 6) is 0.769. The van der Waals surface area contributed by atoms with E-state index in [9.17, 15) is 9.59 Å². The van der Waals surface area contributed by atoms with E-state index in [2.05, 4.69) is 29.7 Å². The predicted molar refractivity (Wildman–Crippen MR) is 104 cm³/mol. The molecule has 0 aliphatic carbocycles. The maximum atomic E-state index is 12.0. The number of benzene rings is 1. The van der Waals surface area contributed by atoms with Gasteiger partial charge in [-0.05, 0) is 25.5 Å². The largest absolute Gasteiger partial charge is 0.496 e. The normalized spacial score (nSPS) is 19.4. The van der Waals surface area contributed by atoms with Crippen molar-refractivity contribution in [3.05, 3.63) is 29.3 Å². The molecule has 2 amide bonds. The highest BCUT2D eigenvalue weighted by Crippen LogP contribution is 2.18. The maximum Gasteiger partial charge on any atom is 0.275 e. The fourth-order valence-electron chi connectivity index (χ4n) is 3.42. The first-order chi connectivity index (χ1) is 13.0. The van der Waals surface area contributed by atoms with E-state index in [1.807, 2.05) is 13.0 Å². The Morgan fingerprint density at radius 1 is 1.07 bits per heavy atom. The zero-order valence-electron chi connectivity index (χ0n) is 16.8. The zero-order chi connectivity index (χ0) is 19.6. The monoisotopic (exact) mass is 378 g/mol. The van der Waals surface area contributed by atoms with Gasteiger partial charge >= 0.3 is 0 Å². The van der Waals surface area contributed by atoms with Gasteiger partial charge in [-0.3, -0.25) is 9.59 Å². The Morgan fingerprint density at radius 2 is 1.78 bits per heavy atom. The lowest BCUT2D eigenvalue weighted by Crippen LogP contribution is -3.28. The van der Waals surface area contributed by atoms with Crippen LogP contribution in [-0.4, -0.2) is 64.7 Å². The second-order valence-corrected chi connectivity index (χ2v) is 7.30. The average molecular weight is 379 g/mol. The Kier molecular flexibility index (Phi) is 8.54. The van der Waals surface area contributed by atoms with Gasteiger partial charge in [-0.2, -0.15) is 0 Å². The van der Waals surface area contributed by atoms with Crippen molar-refractivity contribution >= 4 is 11.8 Å². The maximum absolute atomic E-state index is 12.0. The van der Waals surface area contributed by atoms with Gasteiger partial charge in [0.1, 0.15) is 38.5 Å². The topological polar surface area (TPSA) is 76.3 Å². The molecule has 1 aromatic carbocycles. The van der Waals surface area contributed by atoms with Crippen molar-refractivity contribution in [2.45, 2.75) is 26.8 Å². The molecule has 27 heavy (non-hydrogen) atoms. The van der Waals surface area contributed by atoms with Crippen molar-refractivity contribution in [2.75, 3.05) is 52.9 Å². The molecular formula is C20H34N4O3+2. The molecule has 0 saturated carbocycles. The van der Waals surface area contributed by atoms with Crippen LogP contribution >= 0.6 is 0 Å². The molecule has 150 valence electrons. The van der Waals surface area contributed by atoms with Gasteiger partial charge in [0.2, 0.25) is 5.91 Å². The number of methoxy groups -OCH3 is 1. The van der Waals surface area contributed by atoms with Gasteiger partial charge in [-0.25, -0.2) is 0 Å². The highest BCUT2D eigenvalue weighted by Gasteiger charge is 2.25. The van der Waals surface area contributed by atoms with Crippen molar-refractivity contribution in [3.8, 4) is 5.75 Å². The summed E-state index contributed by atoms with van der Waals surface area (Å²) in [7, 11) is 1.71. The summed E-state index contributed by atoms with van der Waals surface area (Å²) in [5, 5.41) is 5.48. The summed E-state index contributed by atoms with van der Waals surface area (Å²) < 4.78 is 5.48. The highest BCUT2D eigenvalue weighted by molar-refractivity contribution is 5.84. The number of hydrogen-bond acceptors (Lipinski definition) is 3. The fourth-order valence-corrected chi connectivity index (χ4v) is 3.42. The zero-order valence-corrected chi connectivity index (χ0v) is 16.8. The third-order valence-corrected chi connectivity index (χ3v) is 4.97. The van der Waals surface area contributed by atoms with Crippen LogP contribution in [0.5, 0.6) is 5.75 Å². The smallest absolute Gasteiger partial charge is 0.275 e. The molecule has 7 nitrogen and oxygen atoms in total. The second kappa shape index (κ2) is 10.9. The molecular weight excluding hydrogens is 344 g/mol. The van der Waals surface area contributed by atoms with Crippen molar-refractivity contribution < 1.29 is 24.1 Å². The van der Waals surface area contributed by atoms with Crippen LogP contribution in [0.3, 0.4) is 0 Å². The van der Waals surface area contributed by atoms with Crippen LogP contribution in [0.2, 0.25) is 0 Å². The second-order valence-electron chi connectivity index (χ2n) is 7.30. The van der Waals surface area contributed by atoms with E-state index in [0.717, 1.165) is 44.9 Å².